The molecule has 74 valence electrons. The zero-order valence-corrected chi connectivity index (χ0v) is 8.67. The molecular formula is C9H22N2O. The van der Waals surface area contributed by atoms with Crippen molar-refractivity contribution >= 4 is 0 Å². The van der Waals surface area contributed by atoms with Crippen LogP contribution >= 0.6 is 0 Å². The maximum absolute atomic E-state index is 8.86. The molecule has 0 bridgehead atoms. The lowest BCUT2D eigenvalue weighted by Crippen LogP contribution is -2.37. The van der Waals surface area contributed by atoms with Gasteiger partial charge in [0.15, 0.2) is 0 Å². The number of likely N-dealkylation sites (N-methyl/N-ethyl adjacent to an activating group) is 1. The monoisotopic (exact) mass is 174 g/mol. The summed E-state index contributed by atoms with van der Waals surface area (Å²) in [5.74, 6) is 0.340. The van der Waals surface area contributed by atoms with E-state index in [9.17, 15) is 0 Å². The van der Waals surface area contributed by atoms with Gasteiger partial charge in [-0.15, -0.1) is 0 Å². The smallest absolute Gasteiger partial charge is 0.0471 e. The molecule has 0 aromatic heterocycles. The van der Waals surface area contributed by atoms with Crippen LogP contribution in [0.15, 0.2) is 0 Å². The standard InChI is InChI=1S/C9H22N2O/c1-8(7-12)9(2)10-5-6-11(3)4/h8-10,12H,5-7H2,1-4H3. The van der Waals surface area contributed by atoms with Gasteiger partial charge in [0.2, 0.25) is 0 Å². The van der Waals surface area contributed by atoms with Crippen molar-refractivity contribution in [2.24, 2.45) is 5.92 Å². The number of nitrogens with one attached hydrogen (secondary N) is 1. The lowest BCUT2D eigenvalue weighted by Gasteiger charge is -2.20. The van der Waals surface area contributed by atoms with Gasteiger partial charge in [0.1, 0.15) is 0 Å². The molecule has 2 unspecified atom stereocenters. The lowest BCUT2D eigenvalue weighted by molar-refractivity contribution is 0.205. The second-order valence-electron chi connectivity index (χ2n) is 3.71. The summed E-state index contributed by atoms with van der Waals surface area (Å²) >= 11 is 0. The third kappa shape index (κ3) is 5.52. The van der Waals surface area contributed by atoms with Crippen molar-refractivity contribution in [3.8, 4) is 0 Å². The summed E-state index contributed by atoms with van der Waals surface area (Å²) in [6.07, 6.45) is 0. The highest BCUT2D eigenvalue weighted by molar-refractivity contribution is 4.67. The van der Waals surface area contributed by atoms with Crippen LogP contribution in [0.3, 0.4) is 0 Å². The number of aliphatic hydroxyl groups is 1. The van der Waals surface area contributed by atoms with Gasteiger partial charge in [0.05, 0.1) is 0 Å². The Kier molecular flexibility index (Phi) is 6.34. The molecule has 0 saturated carbocycles. The van der Waals surface area contributed by atoms with Crippen molar-refractivity contribution in [1.82, 2.24) is 10.2 Å². The molecule has 2 atom stereocenters. The van der Waals surface area contributed by atoms with Gasteiger partial charge in [-0.05, 0) is 26.9 Å². The molecule has 0 rings (SSSR count). The van der Waals surface area contributed by atoms with E-state index >= 15 is 0 Å². The van der Waals surface area contributed by atoms with E-state index in [1.807, 2.05) is 6.92 Å². The first-order valence-corrected chi connectivity index (χ1v) is 4.57. The quantitative estimate of drug-likeness (QED) is 0.602. The molecule has 0 amide bonds. The van der Waals surface area contributed by atoms with Crippen molar-refractivity contribution < 1.29 is 5.11 Å². The topological polar surface area (TPSA) is 35.5 Å². The zero-order valence-electron chi connectivity index (χ0n) is 8.67. The summed E-state index contributed by atoms with van der Waals surface area (Å²) in [7, 11) is 4.11. The largest absolute Gasteiger partial charge is 0.396 e. The minimum Gasteiger partial charge on any atom is -0.396 e. The molecule has 3 nitrogen and oxygen atoms in total. The van der Waals surface area contributed by atoms with E-state index in [4.69, 9.17) is 5.11 Å². The first-order chi connectivity index (χ1) is 5.57. The van der Waals surface area contributed by atoms with Gasteiger partial charge in [-0.25, -0.2) is 0 Å². The van der Waals surface area contributed by atoms with E-state index in [-0.39, 0.29) is 6.61 Å². The van der Waals surface area contributed by atoms with Gasteiger partial charge < -0.3 is 15.3 Å². The lowest BCUT2D eigenvalue weighted by atomic mass is 10.1. The molecule has 0 aromatic rings. The van der Waals surface area contributed by atoms with Crippen LogP contribution in [-0.2, 0) is 0 Å². The van der Waals surface area contributed by atoms with Crippen LogP contribution in [0.2, 0.25) is 0 Å². The Hall–Kier alpha value is -0.120. The van der Waals surface area contributed by atoms with E-state index in [1.54, 1.807) is 0 Å². The summed E-state index contributed by atoms with van der Waals surface area (Å²) in [6.45, 7) is 6.45. The first kappa shape index (κ1) is 11.9. The van der Waals surface area contributed by atoms with Crippen LogP contribution in [0.4, 0.5) is 0 Å². The van der Waals surface area contributed by atoms with E-state index < -0.39 is 0 Å². The van der Waals surface area contributed by atoms with Crippen molar-refractivity contribution in [3.05, 3.63) is 0 Å². The molecule has 0 aliphatic heterocycles. The summed E-state index contributed by atoms with van der Waals surface area (Å²) in [4.78, 5) is 2.14. The molecular weight excluding hydrogens is 152 g/mol. The van der Waals surface area contributed by atoms with Gasteiger partial charge in [0.25, 0.3) is 0 Å². The highest BCUT2D eigenvalue weighted by Gasteiger charge is 2.09. The third-order valence-electron chi connectivity index (χ3n) is 2.17. The van der Waals surface area contributed by atoms with Crippen LogP contribution in [0.5, 0.6) is 0 Å². The van der Waals surface area contributed by atoms with Gasteiger partial charge in [0, 0.05) is 25.7 Å². The number of rotatable bonds is 6. The fraction of sp³-hybridized carbons (Fsp3) is 1.00. The van der Waals surface area contributed by atoms with Gasteiger partial charge in [-0.2, -0.15) is 0 Å². The summed E-state index contributed by atoms with van der Waals surface area (Å²) < 4.78 is 0. The first-order valence-electron chi connectivity index (χ1n) is 4.57. The molecule has 0 aliphatic rings. The van der Waals surface area contributed by atoms with Crippen LogP contribution < -0.4 is 5.32 Å². The molecule has 2 N–H and O–H groups in total. The predicted molar refractivity (Wildman–Crippen MR) is 52.3 cm³/mol. The molecule has 3 heteroatoms. The maximum atomic E-state index is 8.86. The Morgan fingerprint density at radius 3 is 2.33 bits per heavy atom. The van der Waals surface area contributed by atoms with Gasteiger partial charge in [-0.1, -0.05) is 6.92 Å². The number of aliphatic hydroxyl groups excluding tert-OH is 1. The number of nitrogens with zero attached hydrogens (tertiary/aromatic N) is 1. The van der Waals surface area contributed by atoms with Crippen molar-refractivity contribution in [2.75, 3.05) is 33.8 Å². The summed E-state index contributed by atoms with van der Waals surface area (Å²) in [5.41, 5.74) is 0. The second-order valence-corrected chi connectivity index (χ2v) is 3.71. The number of hydrogen-bond acceptors (Lipinski definition) is 3. The van der Waals surface area contributed by atoms with E-state index in [0.717, 1.165) is 13.1 Å². The molecule has 0 aliphatic carbocycles. The minimum absolute atomic E-state index is 0.260. The molecule has 0 spiro atoms. The molecule has 12 heavy (non-hydrogen) atoms. The summed E-state index contributed by atoms with van der Waals surface area (Å²) in [6, 6.07) is 0.398. The van der Waals surface area contributed by atoms with Crippen molar-refractivity contribution in [1.29, 1.82) is 0 Å². The van der Waals surface area contributed by atoms with E-state index in [0.29, 0.717) is 12.0 Å². The maximum Gasteiger partial charge on any atom is 0.0471 e. The fourth-order valence-electron chi connectivity index (χ4n) is 0.875. The Morgan fingerprint density at radius 1 is 1.33 bits per heavy atom. The van der Waals surface area contributed by atoms with Crippen molar-refractivity contribution in [2.45, 2.75) is 19.9 Å². The fourth-order valence-corrected chi connectivity index (χ4v) is 0.875. The zero-order chi connectivity index (χ0) is 9.56. The SMILES string of the molecule is CC(CO)C(C)NCCN(C)C. The summed E-state index contributed by atoms with van der Waals surface area (Å²) in [5, 5.41) is 12.2. The minimum atomic E-state index is 0.260. The third-order valence-corrected chi connectivity index (χ3v) is 2.17. The van der Waals surface area contributed by atoms with Crippen LogP contribution in [0.25, 0.3) is 0 Å². The predicted octanol–water partition coefficient (Wildman–Crippen LogP) is 0.155. The molecule has 0 aromatic carbocycles. The van der Waals surface area contributed by atoms with Gasteiger partial charge >= 0.3 is 0 Å². The Bertz CT molecular complexity index is 107. The molecule has 0 fully saturated rings. The van der Waals surface area contributed by atoms with Crippen LogP contribution in [-0.4, -0.2) is 49.8 Å². The number of hydrogen-bond donors (Lipinski definition) is 2. The van der Waals surface area contributed by atoms with Crippen LogP contribution in [0.1, 0.15) is 13.8 Å². The average molecular weight is 174 g/mol. The van der Waals surface area contributed by atoms with E-state index in [2.05, 4.69) is 31.2 Å². The molecule has 0 saturated heterocycles. The Morgan fingerprint density at radius 2 is 1.92 bits per heavy atom. The molecule has 0 radical (unpaired) electrons. The Labute approximate surface area is 75.8 Å². The van der Waals surface area contributed by atoms with Crippen molar-refractivity contribution in [3.63, 3.8) is 0 Å². The van der Waals surface area contributed by atoms with E-state index in [1.165, 1.54) is 0 Å². The average Bonchev–Trinajstić information content (AvgIpc) is 2.02. The van der Waals surface area contributed by atoms with Crippen LogP contribution in [0, 0.1) is 5.92 Å². The Balaban J connectivity index is 3.37. The normalized spacial score (nSPS) is 16.5. The second kappa shape index (κ2) is 6.40. The van der Waals surface area contributed by atoms with Gasteiger partial charge in [-0.3, -0.25) is 0 Å². The highest BCUT2D eigenvalue weighted by atomic mass is 16.3. The molecule has 0 heterocycles. The highest BCUT2D eigenvalue weighted by Crippen LogP contribution is 1.99.